The maximum Gasteiger partial charge on any atom is 0.323 e. The summed E-state index contributed by atoms with van der Waals surface area (Å²) < 4.78 is 5.85. The van der Waals surface area contributed by atoms with E-state index in [-0.39, 0.29) is 0 Å². The molecule has 2 heterocycles. The number of nitrogens with zero attached hydrogens (tertiary/aromatic N) is 1. The highest BCUT2D eigenvalue weighted by Gasteiger charge is 2.41. The first-order valence-corrected chi connectivity index (χ1v) is 8.50. The molecule has 2 bridgehead atoms. The number of carbonyl (C=O) groups is 1. The van der Waals surface area contributed by atoms with Crippen molar-refractivity contribution in [3.05, 3.63) is 0 Å². The van der Waals surface area contributed by atoms with E-state index in [9.17, 15) is 9.90 Å². The second kappa shape index (κ2) is 6.23. The second-order valence-electron chi connectivity index (χ2n) is 6.98. The number of aliphatic carboxylic acids is 1. The Hall–Kier alpha value is -0.650. The number of ether oxygens (including phenoxy) is 1. The van der Waals surface area contributed by atoms with Crippen LogP contribution >= 0.6 is 0 Å². The number of hydrogen-bond acceptors (Lipinski definition) is 4. The number of fused-ring (bicyclic) bond motifs is 2. The summed E-state index contributed by atoms with van der Waals surface area (Å²) in [5, 5.41) is 13.0. The highest BCUT2D eigenvalue weighted by molar-refractivity contribution is 5.78. The third-order valence-corrected chi connectivity index (χ3v) is 5.27. The van der Waals surface area contributed by atoms with E-state index in [1.54, 1.807) is 0 Å². The van der Waals surface area contributed by atoms with Crippen LogP contribution in [-0.4, -0.2) is 59.4 Å². The lowest BCUT2D eigenvalue weighted by atomic mass is 9.90. The number of likely N-dealkylation sites (tertiary alicyclic amines) is 1. The van der Waals surface area contributed by atoms with E-state index in [0.29, 0.717) is 24.7 Å². The van der Waals surface area contributed by atoms with Crippen LogP contribution in [0.2, 0.25) is 0 Å². The molecule has 3 atom stereocenters. The lowest BCUT2D eigenvalue weighted by Gasteiger charge is -2.34. The first-order valence-electron chi connectivity index (χ1n) is 8.50. The lowest BCUT2D eigenvalue weighted by Crippen LogP contribution is -2.53. The van der Waals surface area contributed by atoms with Gasteiger partial charge in [-0.2, -0.15) is 0 Å². The molecular formula is C16H28N2O3. The summed E-state index contributed by atoms with van der Waals surface area (Å²) in [5.74, 6) is -0.682. The summed E-state index contributed by atoms with van der Waals surface area (Å²) in [6.07, 6.45) is 7.81. The molecule has 2 aliphatic heterocycles. The molecule has 2 saturated heterocycles. The van der Waals surface area contributed by atoms with E-state index in [2.05, 4.69) is 10.2 Å². The van der Waals surface area contributed by atoms with Crippen LogP contribution in [0.3, 0.4) is 0 Å². The highest BCUT2D eigenvalue weighted by atomic mass is 16.5. The summed E-state index contributed by atoms with van der Waals surface area (Å²) in [6.45, 7) is 5.04. The topological polar surface area (TPSA) is 61.8 Å². The summed E-state index contributed by atoms with van der Waals surface area (Å²) in [5.41, 5.74) is -0.716. The Kier molecular flexibility index (Phi) is 4.52. The van der Waals surface area contributed by atoms with Gasteiger partial charge in [-0.3, -0.25) is 15.0 Å². The molecule has 0 aromatic heterocycles. The zero-order valence-corrected chi connectivity index (χ0v) is 13.0. The number of nitrogens with one attached hydrogen (secondary N) is 1. The van der Waals surface area contributed by atoms with Gasteiger partial charge in [0.1, 0.15) is 5.54 Å². The number of carboxylic acids is 1. The molecule has 0 amide bonds. The van der Waals surface area contributed by atoms with Gasteiger partial charge in [0.25, 0.3) is 0 Å². The molecule has 0 radical (unpaired) electrons. The van der Waals surface area contributed by atoms with Gasteiger partial charge in [-0.1, -0.05) is 6.92 Å². The minimum atomic E-state index is -0.716. The summed E-state index contributed by atoms with van der Waals surface area (Å²) in [4.78, 5) is 14.2. The molecule has 1 aliphatic carbocycles. The van der Waals surface area contributed by atoms with Gasteiger partial charge < -0.3 is 9.84 Å². The Morgan fingerprint density at radius 2 is 1.95 bits per heavy atom. The van der Waals surface area contributed by atoms with E-state index < -0.39 is 11.5 Å². The minimum absolute atomic E-state index is 0.420. The summed E-state index contributed by atoms with van der Waals surface area (Å²) in [7, 11) is 0. The molecular weight excluding hydrogens is 268 g/mol. The largest absolute Gasteiger partial charge is 0.480 e. The Labute approximate surface area is 127 Å². The van der Waals surface area contributed by atoms with Gasteiger partial charge >= 0.3 is 5.97 Å². The quantitative estimate of drug-likeness (QED) is 0.712. The van der Waals surface area contributed by atoms with Crippen molar-refractivity contribution in [3.8, 4) is 0 Å². The molecule has 5 nitrogen and oxygen atoms in total. The van der Waals surface area contributed by atoms with Crippen molar-refractivity contribution in [3.63, 3.8) is 0 Å². The molecule has 3 aliphatic rings. The number of rotatable bonds is 8. The molecule has 0 aromatic carbocycles. The molecule has 0 spiro atoms. The normalized spacial score (nSPS) is 32.0. The zero-order chi connectivity index (χ0) is 14.9. The van der Waals surface area contributed by atoms with Crippen molar-refractivity contribution in [2.24, 2.45) is 0 Å². The van der Waals surface area contributed by atoms with Gasteiger partial charge in [0, 0.05) is 19.1 Å². The van der Waals surface area contributed by atoms with Crippen molar-refractivity contribution in [2.45, 2.75) is 75.7 Å². The molecule has 3 rings (SSSR count). The smallest absolute Gasteiger partial charge is 0.323 e. The summed E-state index contributed by atoms with van der Waals surface area (Å²) >= 11 is 0. The van der Waals surface area contributed by atoms with Gasteiger partial charge in [0.15, 0.2) is 0 Å². The zero-order valence-electron chi connectivity index (χ0n) is 13.0. The fourth-order valence-corrected chi connectivity index (χ4v) is 3.78. The average molecular weight is 296 g/mol. The average Bonchev–Trinajstić information content (AvgIpc) is 3.21. The van der Waals surface area contributed by atoms with Crippen LogP contribution in [0.25, 0.3) is 0 Å². The number of morpholine rings is 1. The van der Waals surface area contributed by atoms with Crippen molar-refractivity contribution in [2.75, 3.05) is 19.6 Å². The first kappa shape index (κ1) is 15.3. The first-order chi connectivity index (χ1) is 10.1. The van der Waals surface area contributed by atoms with Crippen molar-refractivity contribution >= 4 is 5.97 Å². The Balaban J connectivity index is 1.48. The Morgan fingerprint density at radius 1 is 1.29 bits per heavy atom. The fraction of sp³-hybridized carbons (Fsp3) is 0.938. The summed E-state index contributed by atoms with van der Waals surface area (Å²) in [6, 6.07) is 0.431. The van der Waals surface area contributed by atoms with Gasteiger partial charge in [-0.15, -0.1) is 0 Å². The van der Waals surface area contributed by atoms with Crippen LogP contribution in [0.4, 0.5) is 0 Å². The monoisotopic (exact) mass is 296 g/mol. The molecule has 21 heavy (non-hydrogen) atoms. The predicted molar refractivity (Wildman–Crippen MR) is 80.4 cm³/mol. The maximum absolute atomic E-state index is 11.7. The molecule has 3 unspecified atom stereocenters. The van der Waals surface area contributed by atoms with Crippen molar-refractivity contribution in [1.29, 1.82) is 0 Å². The maximum atomic E-state index is 11.7. The molecule has 120 valence electrons. The van der Waals surface area contributed by atoms with Crippen LogP contribution in [0.5, 0.6) is 0 Å². The van der Waals surface area contributed by atoms with Crippen molar-refractivity contribution in [1.82, 2.24) is 10.2 Å². The lowest BCUT2D eigenvalue weighted by molar-refractivity contribution is -0.145. The van der Waals surface area contributed by atoms with E-state index in [0.717, 1.165) is 45.3 Å². The van der Waals surface area contributed by atoms with E-state index in [1.807, 2.05) is 6.92 Å². The second-order valence-corrected chi connectivity index (χ2v) is 6.98. The molecule has 1 saturated carbocycles. The third-order valence-electron chi connectivity index (χ3n) is 5.27. The van der Waals surface area contributed by atoms with Crippen LogP contribution in [0.15, 0.2) is 0 Å². The Bertz CT molecular complexity index is 374. The number of hydrogen-bond donors (Lipinski definition) is 2. The molecule has 2 N–H and O–H groups in total. The predicted octanol–water partition coefficient (Wildman–Crippen LogP) is 1.62. The van der Waals surface area contributed by atoms with Crippen LogP contribution in [0.1, 0.15) is 51.9 Å². The van der Waals surface area contributed by atoms with Crippen LogP contribution in [0, 0.1) is 0 Å². The number of carboxylic acid groups (broad SMARTS) is 1. The highest BCUT2D eigenvalue weighted by Crippen LogP contribution is 2.29. The van der Waals surface area contributed by atoms with Crippen LogP contribution in [-0.2, 0) is 9.53 Å². The SMILES string of the molecule is CCC(CCCN1CC2CCC(C1)O2)(NC1CC1)C(=O)O. The molecule has 3 fully saturated rings. The van der Waals surface area contributed by atoms with Gasteiger partial charge in [0.05, 0.1) is 12.2 Å². The standard InChI is InChI=1S/C16H28N2O3/c1-2-16(15(19)20,17-12-4-5-12)8-3-9-18-10-13-6-7-14(11-18)21-13/h12-14,17H,2-11H2,1H3,(H,19,20). The van der Waals surface area contributed by atoms with Gasteiger partial charge in [-0.25, -0.2) is 0 Å². The molecule has 0 aromatic rings. The minimum Gasteiger partial charge on any atom is -0.480 e. The Morgan fingerprint density at radius 3 is 2.48 bits per heavy atom. The molecule has 5 heteroatoms. The van der Waals surface area contributed by atoms with Crippen LogP contribution < -0.4 is 5.32 Å². The van der Waals surface area contributed by atoms with E-state index in [4.69, 9.17) is 4.74 Å². The fourth-order valence-electron chi connectivity index (χ4n) is 3.78. The van der Waals surface area contributed by atoms with Gasteiger partial charge in [0.2, 0.25) is 0 Å². The van der Waals surface area contributed by atoms with E-state index in [1.165, 1.54) is 12.8 Å². The third kappa shape index (κ3) is 3.58. The van der Waals surface area contributed by atoms with E-state index >= 15 is 0 Å². The van der Waals surface area contributed by atoms with Crippen molar-refractivity contribution < 1.29 is 14.6 Å². The van der Waals surface area contributed by atoms with Gasteiger partial charge in [-0.05, 0) is 51.5 Å².